The maximum atomic E-state index is 12.9. The summed E-state index contributed by atoms with van der Waals surface area (Å²) in [7, 11) is 0. The van der Waals surface area contributed by atoms with Gasteiger partial charge in [-0.25, -0.2) is 4.98 Å². The number of thiazole rings is 1. The van der Waals surface area contributed by atoms with Crippen LogP contribution in [-0.2, 0) is 11.2 Å². The van der Waals surface area contributed by atoms with E-state index < -0.39 is 0 Å². The highest BCUT2D eigenvalue weighted by Gasteiger charge is 2.33. The SMILES string of the molecule is Cc1cccc(NC(=O)C2CCc3sc(NC(=O)c4ccc5c(c4)OCO5)nc32)c1C. The number of hydrogen-bond acceptors (Lipinski definition) is 6. The van der Waals surface area contributed by atoms with Crippen LogP contribution in [0, 0.1) is 13.8 Å². The summed E-state index contributed by atoms with van der Waals surface area (Å²) in [4.78, 5) is 31.2. The molecule has 2 heterocycles. The van der Waals surface area contributed by atoms with E-state index in [9.17, 15) is 9.59 Å². The number of hydrogen-bond donors (Lipinski definition) is 2. The molecule has 8 heteroatoms. The van der Waals surface area contributed by atoms with Crippen LogP contribution in [-0.4, -0.2) is 23.6 Å². The monoisotopic (exact) mass is 435 g/mol. The van der Waals surface area contributed by atoms with Gasteiger partial charge >= 0.3 is 0 Å². The van der Waals surface area contributed by atoms with Crippen molar-refractivity contribution >= 4 is 34.0 Å². The molecule has 0 saturated carbocycles. The zero-order valence-electron chi connectivity index (χ0n) is 17.2. The summed E-state index contributed by atoms with van der Waals surface area (Å²) in [5, 5.41) is 6.39. The topological polar surface area (TPSA) is 89.6 Å². The molecule has 0 fully saturated rings. The van der Waals surface area contributed by atoms with Crippen LogP contribution >= 0.6 is 11.3 Å². The lowest BCUT2D eigenvalue weighted by Gasteiger charge is -2.14. The van der Waals surface area contributed by atoms with Gasteiger partial charge in [0.2, 0.25) is 12.7 Å². The molecule has 7 nitrogen and oxygen atoms in total. The van der Waals surface area contributed by atoms with Crippen LogP contribution in [0.3, 0.4) is 0 Å². The molecule has 3 aromatic rings. The number of aryl methyl sites for hydroxylation is 2. The van der Waals surface area contributed by atoms with Crippen LogP contribution in [0.15, 0.2) is 36.4 Å². The fourth-order valence-corrected chi connectivity index (χ4v) is 4.88. The standard InChI is InChI=1S/C23H21N3O4S/c1-12-4-3-5-16(13(12)2)24-22(28)15-7-9-19-20(15)25-23(31-19)26-21(27)14-6-8-17-18(10-14)30-11-29-17/h3-6,8,10,15H,7,9,11H2,1-2H3,(H,24,28)(H,25,26,27). The van der Waals surface area contributed by atoms with E-state index in [0.717, 1.165) is 40.2 Å². The molecule has 2 aromatic carbocycles. The summed E-state index contributed by atoms with van der Waals surface area (Å²) in [6.07, 6.45) is 1.50. The van der Waals surface area contributed by atoms with Crippen LogP contribution < -0.4 is 20.1 Å². The molecular weight excluding hydrogens is 414 g/mol. The van der Waals surface area contributed by atoms with Crippen LogP contribution in [0.5, 0.6) is 11.5 Å². The average Bonchev–Trinajstić information content (AvgIpc) is 3.46. The fraction of sp³-hybridized carbons (Fsp3) is 0.261. The average molecular weight is 436 g/mol. The van der Waals surface area contributed by atoms with Gasteiger partial charge in [0.05, 0.1) is 11.6 Å². The molecule has 0 spiro atoms. The lowest BCUT2D eigenvalue weighted by Crippen LogP contribution is -2.20. The molecule has 0 radical (unpaired) electrons. The maximum absolute atomic E-state index is 12.9. The number of nitrogens with one attached hydrogen (secondary N) is 2. The van der Waals surface area contributed by atoms with Gasteiger partial charge in [-0.05, 0) is 62.1 Å². The Labute approximate surface area is 183 Å². The van der Waals surface area contributed by atoms with Crippen molar-refractivity contribution in [1.82, 2.24) is 4.98 Å². The van der Waals surface area contributed by atoms with Gasteiger partial charge in [0.1, 0.15) is 0 Å². The number of carbonyl (C=O) groups excluding carboxylic acids is 2. The molecule has 2 amide bonds. The third-order valence-corrected chi connectivity index (χ3v) is 6.80. The minimum absolute atomic E-state index is 0.0635. The van der Waals surface area contributed by atoms with Crippen molar-refractivity contribution in [2.75, 3.05) is 17.4 Å². The second-order valence-corrected chi connectivity index (χ2v) is 8.76. The van der Waals surface area contributed by atoms with Crippen molar-refractivity contribution in [1.29, 1.82) is 0 Å². The molecule has 1 aromatic heterocycles. The Bertz CT molecular complexity index is 1200. The number of rotatable bonds is 4. The highest BCUT2D eigenvalue weighted by molar-refractivity contribution is 7.16. The second kappa shape index (κ2) is 7.70. The first-order chi connectivity index (χ1) is 15.0. The number of fused-ring (bicyclic) bond motifs is 2. The zero-order valence-corrected chi connectivity index (χ0v) is 18.0. The Morgan fingerprint density at radius 3 is 2.81 bits per heavy atom. The molecule has 1 atom stereocenters. The number of carbonyl (C=O) groups is 2. The number of anilines is 2. The summed E-state index contributed by atoms with van der Waals surface area (Å²) >= 11 is 1.42. The quantitative estimate of drug-likeness (QED) is 0.634. The Balaban J connectivity index is 1.30. The van der Waals surface area contributed by atoms with Crippen molar-refractivity contribution in [2.24, 2.45) is 0 Å². The van der Waals surface area contributed by atoms with Gasteiger partial charge in [-0.15, -0.1) is 11.3 Å². The maximum Gasteiger partial charge on any atom is 0.257 e. The van der Waals surface area contributed by atoms with E-state index in [-0.39, 0.29) is 24.5 Å². The Morgan fingerprint density at radius 1 is 1.10 bits per heavy atom. The van der Waals surface area contributed by atoms with E-state index in [1.54, 1.807) is 18.2 Å². The number of aromatic nitrogens is 1. The fourth-order valence-electron chi connectivity index (χ4n) is 3.85. The Kier molecular flexibility index (Phi) is 4.86. The van der Waals surface area contributed by atoms with Crippen LogP contribution in [0.25, 0.3) is 0 Å². The Hall–Kier alpha value is -3.39. The van der Waals surface area contributed by atoms with Crippen molar-refractivity contribution < 1.29 is 19.1 Å². The summed E-state index contributed by atoms with van der Waals surface area (Å²) in [5.74, 6) is 0.524. The highest BCUT2D eigenvalue weighted by atomic mass is 32.1. The molecule has 1 aliphatic heterocycles. The molecule has 2 aliphatic rings. The summed E-state index contributed by atoms with van der Waals surface area (Å²) < 4.78 is 10.6. The number of nitrogens with zero attached hydrogens (tertiary/aromatic N) is 1. The van der Waals surface area contributed by atoms with Crippen molar-refractivity contribution in [3.8, 4) is 11.5 Å². The number of benzene rings is 2. The van der Waals surface area contributed by atoms with E-state index in [1.807, 2.05) is 32.0 Å². The lowest BCUT2D eigenvalue weighted by atomic mass is 10.0. The van der Waals surface area contributed by atoms with Gasteiger partial charge in [0.15, 0.2) is 16.6 Å². The Morgan fingerprint density at radius 2 is 1.94 bits per heavy atom. The first-order valence-corrected chi connectivity index (χ1v) is 10.9. The molecular formula is C23H21N3O4S. The van der Waals surface area contributed by atoms with Gasteiger partial charge in [0, 0.05) is 16.1 Å². The lowest BCUT2D eigenvalue weighted by molar-refractivity contribution is -0.117. The van der Waals surface area contributed by atoms with Crippen molar-refractivity contribution in [3.63, 3.8) is 0 Å². The van der Waals surface area contributed by atoms with E-state index in [0.29, 0.717) is 22.2 Å². The molecule has 5 rings (SSSR count). The van der Waals surface area contributed by atoms with E-state index in [2.05, 4.69) is 15.6 Å². The third kappa shape index (κ3) is 3.63. The largest absolute Gasteiger partial charge is 0.454 e. The second-order valence-electron chi connectivity index (χ2n) is 7.68. The third-order valence-electron chi connectivity index (χ3n) is 5.75. The first-order valence-electron chi connectivity index (χ1n) is 10.1. The van der Waals surface area contributed by atoms with Crippen molar-refractivity contribution in [3.05, 3.63) is 63.7 Å². The molecule has 1 unspecified atom stereocenters. The molecule has 0 bridgehead atoms. The van der Waals surface area contributed by atoms with Gasteiger partial charge in [-0.3, -0.25) is 14.9 Å². The predicted molar refractivity (Wildman–Crippen MR) is 118 cm³/mol. The van der Waals surface area contributed by atoms with Gasteiger partial charge < -0.3 is 14.8 Å². The molecule has 0 saturated heterocycles. The van der Waals surface area contributed by atoms with Crippen LogP contribution in [0.4, 0.5) is 10.8 Å². The van der Waals surface area contributed by atoms with E-state index in [4.69, 9.17) is 9.47 Å². The number of ether oxygens (including phenoxy) is 2. The van der Waals surface area contributed by atoms with Gasteiger partial charge in [0.25, 0.3) is 5.91 Å². The minimum Gasteiger partial charge on any atom is -0.454 e. The van der Waals surface area contributed by atoms with E-state index in [1.165, 1.54) is 11.3 Å². The van der Waals surface area contributed by atoms with Crippen molar-refractivity contribution in [2.45, 2.75) is 32.6 Å². The number of amides is 2. The summed E-state index contributed by atoms with van der Waals surface area (Å²) in [6, 6.07) is 10.9. The van der Waals surface area contributed by atoms with Gasteiger partial charge in [-0.2, -0.15) is 0 Å². The highest BCUT2D eigenvalue weighted by Crippen LogP contribution is 2.39. The normalized spacial score (nSPS) is 16.1. The molecule has 1 aliphatic carbocycles. The molecule has 158 valence electrons. The predicted octanol–water partition coefficient (Wildman–Crippen LogP) is 4.41. The van der Waals surface area contributed by atoms with E-state index >= 15 is 0 Å². The van der Waals surface area contributed by atoms with Gasteiger partial charge in [-0.1, -0.05) is 12.1 Å². The smallest absolute Gasteiger partial charge is 0.257 e. The van der Waals surface area contributed by atoms with Crippen LogP contribution in [0.1, 0.15) is 44.4 Å². The first kappa shape index (κ1) is 19.6. The minimum atomic E-state index is -0.317. The summed E-state index contributed by atoms with van der Waals surface area (Å²) in [6.45, 7) is 4.18. The zero-order chi connectivity index (χ0) is 21.5. The molecule has 2 N–H and O–H groups in total. The van der Waals surface area contributed by atoms with Crippen LogP contribution in [0.2, 0.25) is 0 Å². The summed E-state index contributed by atoms with van der Waals surface area (Å²) in [5.41, 5.74) is 4.23. The molecule has 31 heavy (non-hydrogen) atoms.